The second-order valence-electron chi connectivity index (χ2n) is 12.4. The lowest BCUT2D eigenvalue weighted by atomic mass is 9.72. The molecule has 0 N–H and O–H groups in total. The number of hydrogen-bond acceptors (Lipinski definition) is 5. The van der Waals surface area contributed by atoms with Gasteiger partial charge in [-0.1, -0.05) is 79.9 Å². The molecule has 0 spiro atoms. The predicted octanol–water partition coefficient (Wildman–Crippen LogP) is 6.65. The van der Waals surface area contributed by atoms with Crippen molar-refractivity contribution >= 4 is 0 Å². The Labute approximate surface area is 226 Å². The van der Waals surface area contributed by atoms with E-state index in [0.29, 0.717) is 30.2 Å². The molecule has 38 heavy (non-hydrogen) atoms. The maximum Gasteiger partial charge on any atom is 0.163 e. The first-order chi connectivity index (χ1) is 18.8. The molecule has 0 amide bonds. The Bertz CT molecular complexity index is 1220. The van der Waals surface area contributed by atoms with E-state index in [-0.39, 0.29) is 0 Å². The van der Waals surface area contributed by atoms with E-state index >= 15 is 0 Å². The quantitative estimate of drug-likeness (QED) is 0.398. The number of ether oxygens (including phenoxy) is 1. The van der Waals surface area contributed by atoms with E-state index in [1.807, 2.05) is 12.1 Å². The first-order valence-electron chi connectivity index (χ1n) is 15.1. The highest BCUT2D eigenvalue weighted by molar-refractivity contribution is 5.60. The average molecular weight is 507 g/mol. The highest BCUT2D eigenvalue weighted by Gasteiger charge is 2.59. The standard InChI is InChI=1S/C33H38N4O/c1-3-10-21(11-4-1)31-34-32(22-12-5-2-6-13-22)36-33(35-31)23-18-19-27-29(20-23)38-28-17-9-15-25-24-14-7-8-16-26(24)37(27)30(25)28/h1-6,10-13,23-30H,7-9,14-20H2. The summed E-state index contributed by atoms with van der Waals surface area (Å²) in [4.78, 5) is 18.1. The third-order valence-corrected chi connectivity index (χ3v) is 10.5. The molecule has 2 saturated heterocycles. The van der Waals surface area contributed by atoms with Crippen molar-refractivity contribution < 1.29 is 4.74 Å². The third-order valence-electron chi connectivity index (χ3n) is 10.5. The van der Waals surface area contributed by atoms with Gasteiger partial charge in [0.2, 0.25) is 0 Å². The molecule has 196 valence electrons. The molecule has 5 heteroatoms. The van der Waals surface area contributed by atoms with Crippen LogP contribution in [0.2, 0.25) is 0 Å². The molecule has 5 aliphatic rings. The first-order valence-corrected chi connectivity index (χ1v) is 15.1. The minimum Gasteiger partial charge on any atom is -0.372 e. The van der Waals surface area contributed by atoms with Crippen LogP contribution in [0.3, 0.4) is 0 Å². The van der Waals surface area contributed by atoms with E-state index in [4.69, 9.17) is 19.7 Å². The number of benzene rings is 2. The van der Waals surface area contributed by atoms with Gasteiger partial charge < -0.3 is 4.74 Å². The molecular formula is C33H38N4O. The molecule has 0 radical (unpaired) electrons. The normalized spacial score (nSPS) is 36.2. The largest absolute Gasteiger partial charge is 0.372 e. The van der Waals surface area contributed by atoms with Gasteiger partial charge in [-0.2, -0.15) is 0 Å². The summed E-state index contributed by atoms with van der Waals surface area (Å²) in [5, 5.41) is 0. The highest BCUT2D eigenvalue weighted by Crippen LogP contribution is 2.55. The van der Waals surface area contributed by atoms with E-state index in [9.17, 15) is 0 Å². The molecule has 1 aromatic heterocycles. The second kappa shape index (κ2) is 9.53. The van der Waals surface area contributed by atoms with E-state index in [1.165, 1.54) is 51.4 Å². The Kier molecular flexibility index (Phi) is 5.84. The molecule has 5 nitrogen and oxygen atoms in total. The van der Waals surface area contributed by atoms with Crippen molar-refractivity contribution in [1.29, 1.82) is 0 Å². The minimum absolute atomic E-state index is 0.298. The van der Waals surface area contributed by atoms with Crippen molar-refractivity contribution in [2.45, 2.75) is 100 Å². The minimum atomic E-state index is 0.298. The average Bonchev–Trinajstić information content (AvgIpc) is 3.34. The zero-order valence-electron chi connectivity index (χ0n) is 22.2. The zero-order valence-corrected chi connectivity index (χ0v) is 22.2. The van der Waals surface area contributed by atoms with Gasteiger partial charge in [0.1, 0.15) is 5.82 Å². The van der Waals surface area contributed by atoms with Crippen LogP contribution < -0.4 is 0 Å². The summed E-state index contributed by atoms with van der Waals surface area (Å²) in [6, 6.07) is 22.8. The van der Waals surface area contributed by atoms with Gasteiger partial charge in [0.25, 0.3) is 0 Å². The summed E-state index contributed by atoms with van der Waals surface area (Å²) in [5.41, 5.74) is 2.10. The Balaban J connectivity index is 1.12. The summed E-state index contributed by atoms with van der Waals surface area (Å²) in [7, 11) is 0. The number of hydrogen-bond donors (Lipinski definition) is 0. The molecule has 3 heterocycles. The van der Waals surface area contributed by atoms with Crippen molar-refractivity contribution in [2.75, 3.05) is 0 Å². The molecule has 2 aliphatic heterocycles. The van der Waals surface area contributed by atoms with Crippen LogP contribution in [-0.4, -0.2) is 50.2 Å². The van der Waals surface area contributed by atoms with Gasteiger partial charge in [-0.3, -0.25) is 4.90 Å². The Hall–Kier alpha value is -2.63. The van der Waals surface area contributed by atoms with E-state index in [2.05, 4.69) is 53.4 Å². The van der Waals surface area contributed by atoms with Crippen LogP contribution in [0.4, 0.5) is 0 Å². The van der Waals surface area contributed by atoms with Crippen LogP contribution in [0.25, 0.3) is 22.8 Å². The number of morpholine rings is 1. The summed E-state index contributed by atoms with van der Waals surface area (Å²) >= 11 is 0. The van der Waals surface area contributed by atoms with Gasteiger partial charge >= 0.3 is 0 Å². The Morgan fingerprint density at radius 1 is 0.605 bits per heavy atom. The summed E-state index contributed by atoms with van der Waals surface area (Å²) in [5.74, 6) is 4.61. The zero-order chi connectivity index (χ0) is 25.1. The van der Waals surface area contributed by atoms with Crippen molar-refractivity contribution in [3.05, 3.63) is 66.5 Å². The summed E-state index contributed by atoms with van der Waals surface area (Å²) in [6.07, 6.45) is 13.8. The van der Waals surface area contributed by atoms with Crippen LogP contribution in [0.1, 0.15) is 76.0 Å². The number of nitrogens with zero attached hydrogens (tertiary/aromatic N) is 4. The molecule has 3 aliphatic carbocycles. The van der Waals surface area contributed by atoms with Crippen LogP contribution in [0.5, 0.6) is 0 Å². The molecule has 0 bridgehead atoms. The fourth-order valence-corrected chi connectivity index (χ4v) is 8.97. The van der Waals surface area contributed by atoms with Gasteiger partial charge in [0.05, 0.1) is 12.2 Å². The van der Waals surface area contributed by atoms with E-state index in [1.54, 1.807) is 0 Å². The number of fused-ring (bicyclic) bond motifs is 5. The smallest absolute Gasteiger partial charge is 0.163 e. The van der Waals surface area contributed by atoms with Crippen molar-refractivity contribution in [1.82, 2.24) is 19.9 Å². The van der Waals surface area contributed by atoms with Gasteiger partial charge in [-0.05, 0) is 56.8 Å². The van der Waals surface area contributed by atoms with Gasteiger partial charge in [-0.15, -0.1) is 0 Å². The van der Waals surface area contributed by atoms with E-state index in [0.717, 1.165) is 59.3 Å². The molecular weight excluding hydrogens is 468 g/mol. The van der Waals surface area contributed by atoms with Crippen molar-refractivity contribution in [3.63, 3.8) is 0 Å². The number of rotatable bonds is 3. The predicted molar refractivity (Wildman–Crippen MR) is 148 cm³/mol. The molecule has 8 unspecified atom stereocenters. The maximum atomic E-state index is 7.05. The molecule has 3 aromatic rings. The lowest BCUT2D eigenvalue weighted by molar-refractivity contribution is -0.179. The van der Waals surface area contributed by atoms with Crippen LogP contribution in [-0.2, 0) is 4.74 Å². The monoisotopic (exact) mass is 506 g/mol. The summed E-state index contributed by atoms with van der Waals surface area (Å²) < 4.78 is 7.05. The second-order valence-corrected chi connectivity index (χ2v) is 12.4. The fourth-order valence-electron chi connectivity index (χ4n) is 8.97. The van der Waals surface area contributed by atoms with Crippen LogP contribution in [0.15, 0.2) is 60.7 Å². The van der Waals surface area contributed by atoms with Crippen molar-refractivity contribution in [2.24, 2.45) is 11.8 Å². The third kappa shape index (κ3) is 3.84. The maximum absolute atomic E-state index is 7.05. The van der Waals surface area contributed by atoms with Crippen molar-refractivity contribution in [3.8, 4) is 22.8 Å². The Morgan fingerprint density at radius 2 is 1.29 bits per heavy atom. The molecule has 3 saturated carbocycles. The highest BCUT2D eigenvalue weighted by atomic mass is 16.5. The molecule has 5 fully saturated rings. The molecule has 2 aromatic carbocycles. The topological polar surface area (TPSA) is 51.1 Å². The first kappa shape index (κ1) is 23.3. The lowest BCUT2D eigenvalue weighted by Crippen LogP contribution is -2.63. The van der Waals surface area contributed by atoms with Gasteiger partial charge in [0, 0.05) is 35.2 Å². The van der Waals surface area contributed by atoms with Gasteiger partial charge in [-0.25, -0.2) is 15.0 Å². The van der Waals surface area contributed by atoms with Crippen LogP contribution in [0, 0.1) is 11.8 Å². The van der Waals surface area contributed by atoms with E-state index < -0.39 is 0 Å². The fraction of sp³-hybridized carbons (Fsp3) is 0.545. The number of aromatic nitrogens is 3. The molecule has 8 atom stereocenters. The lowest BCUT2D eigenvalue weighted by Gasteiger charge is -2.54. The van der Waals surface area contributed by atoms with Gasteiger partial charge in [0.15, 0.2) is 11.6 Å². The SMILES string of the molecule is c1ccc(-c2nc(-c3ccccc3)nc(C3CCC4C(C3)OC3CCCC5C6CCCCC6N4C35)n2)cc1. The molecule has 8 rings (SSSR count). The Morgan fingerprint density at radius 3 is 2.03 bits per heavy atom. The summed E-state index contributed by atoms with van der Waals surface area (Å²) in [6.45, 7) is 0. The van der Waals surface area contributed by atoms with Crippen LogP contribution >= 0.6 is 0 Å².